The van der Waals surface area contributed by atoms with Gasteiger partial charge in [-0.05, 0) is 25.8 Å². The van der Waals surface area contributed by atoms with Gasteiger partial charge in [0.05, 0.1) is 7.11 Å². The maximum Gasteiger partial charge on any atom is 0.305 e. The minimum absolute atomic E-state index is 0.125. The quantitative estimate of drug-likeness (QED) is 0.514. The lowest BCUT2D eigenvalue weighted by Crippen LogP contribution is -1.99. The molecule has 2 aromatic rings. The fraction of sp³-hybridized carbons (Fsp3) is 0.500. The molecule has 0 aliphatic heterocycles. The molecule has 0 fully saturated rings. The van der Waals surface area contributed by atoms with Gasteiger partial charge in [-0.15, -0.1) is 0 Å². The highest BCUT2D eigenvalue weighted by molar-refractivity contribution is 5.68. The molecule has 0 unspecified atom stereocenters. The summed E-state index contributed by atoms with van der Waals surface area (Å²) in [6, 6.07) is 8.08. The highest BCUT2D eigenvalue weighted by Gasteiger charge is 2.08. The second kappa shape index (κ2) is 9.08. The van der Waals surface area contributed by atoms with Crippen LogP contribution in [-0.2, 0) is 16.0 Å². The Labute approximate surface area is 137 Å². The molecule has 0 saturated heterocycles. The summed E-state index contributed by atoms with van der Waals surface area (Å²) in [5.74, 6) is 1.22. The molecule has 0 spiro atoms. The maximum absolute atomic E-state index is 11.0. The maximum atomic E-state index is 11.0. The summed E-state index contributed by atoms with van der Waals surface area (Å²) in [5, 5.41) is 4.05. The highest BCUT2D eigenvalue weighted by atomic mass is 16.5. The summed E-state index contributed by atoms with van der Waals surface area (Å²) in [7, 11) is 1.43. The SMILES string of the molecule is COC(=O)CCCCCCCc1nc(-c2cccc(C)c2)no1. The topological polar surface area (TPSA) is 65.2 Å². The van der Waals surface area contributed by atoms with E-state index in [1.54, 1.807) is 0 Å². The molecule has 1 aromatic heterocycles. The first kappa shape index (κ1) is 17.2. The molecule has 1 aromatic carbocycles. The Bertz CT molecular complexity index is 622. The molecule has 124 valence electrons. The van der Waals surface area contributed by atoms with Crippen LogP contribution in [0.3, 0.4) is 0 Å². The molecule has 0 amide bonds. The molecule has 2 rings (SSSR count). The summed E-state index contributed by atoms with van der Waals surface area (Å²) >= 11 is 0. The van der Waals surface area contributed by atoms with Crippen molar-refractivity contribution in [1.29, 1.82) is 0 Å². The van der Waals surface area contributed by atoms with Crippen LogP contribution in [0, 0.1) is 6.92 Å². The average molecular weight is 316 g/mol. The van der Waals surface area contributed by atoms with Crippen LogP contribution in [0.1, 0.15) is 50.0 Å². The molecule has 0 N–H and O–H groups in total. The van der Waals surface area contributed by atoms with Gasteiger partial charge in [-0.3, -0.25) is 4.79 Å². The largest absolute Gasteiger partial charge is 0.469 e. The van der Waals surface area contributed by atoms with Crippen molar-refractivity contribution in [2.45, 2.75) is 51.9 Å². The van der Waals surface area contributed by atoms with Gasteiger partial charge in [0, 0.05) is 18.4 Å². The lowest BCUT2D eigenvalue weighted by atomic mass is 10.1. The summed E-state index contributed by atoms with van der Waals surface area (Å²) in [6.07, 6.45) is 6.49. The normalized spacial score (nSPS) is 10.7. The number of benzene rings is 1. The predicted octanol–water partition coefficient (Wildman–Crippen LogP) is 4.10. The number of esters is 1. The van der Waals surface area contributed by atoms with E-state index in [0.717, 1.165) is 44.1 Å². The monoisotopic (exact) mass is 316 g/mol. The fourth-order valence-corrected chi connectivity index (χ4v) is 2.44. The van der Waals surface area contributed by atoms with Crippen LogP contribution in [-0.4, -0.2) is 23.2 Å². The van der Waals surface area contributed by atoms with E-state index in [9.17, 15) is 4.79 Å². The molecule has 0 aliphatic carbocycles. The number of hydrogen-bond acceptors (Lipinski definition) is 5. The number of carbonyl (C=O) groups is 1. The Morgan fingerprint density at radius 3 is 2.74 bits per heavy atom. The second-order valence-corrected chi connectivity index (χ2v) is 5.73. The molecular formula is C18H24N2O3. The van der Waals surface area contributed by atoms with Crippen LogP contribution in [0.4, 0.5) is 0 Å². The lowest BCUT2D eigenvalue weighted by molar-refractivity contribution is -0.140. The van der Waals surface area contributed by atoms with Crippen molar-refractivity contribution in [1.82, 2.24) is 10.1 Å². The number of aryl methyl sites for hydroxylation is 2. The molecule has 5 heteroatoms. The molecule has 1 heterocycles. The zero-order chi connectivity index (χ0) is 16.5. The van der Waals surface area contributed by atoms with Gasteiger partial charge in [0.15, 0.2) is 0 Å². The zero-order valence-corrected chi connectivity index (χ0v) is 13.9. The van der Waals surface area contributed by atoms with Crippen molar-refractivity contribution >= 4 is 5.97 Å². The van der Waals surface area contributed by atoms with E-state index in [2.05, 4.69) is 20.9 Å². The Balaban J connectivity index is 1.66. The lowest BCUT2D eigenvalue weighted by Gasteiger charge is -2.00. The first-order valence-corrected chi connectivity index (χ1v) is 8.15. The van der Waals surface area contributed by atoms with Gasteiger partial charge in [-0.25, -0.2) is 0 Å². The predicted molar refractivity (Wildman–Crippen MR) is 87.9 cm³/mol. The van der Waals surface area contributed by atoms with Gasteiger partial charge < -0.3 is 9.26 Å². The Morgan fingerprint density at radius 2 is 1.96 bits per heavy atom. The number of aromatic nitrogens is 2. The molecule has 0 saturated carbocycles. The third kappa shape index (κ3) is 5.85. The van der Waals surface area contributed by atoms with Gasteiger partial charge in [0.25, 0.3) is 0 Å². The third-order valence-corrected chi connectivity index (χ3v) is 3.74. The molecular weight excluding hydrogens is 292 g/mol. The highest BCUT2D eigenvalue weighted by Crippen LogP contribution is 2.18. The number of methoxy groups -OCH3 is 1. The Kier molecular flexibility index (Phi) is 6.78. The van der Waals surface area contributed by atoms with E-state index in [1.165, 1.54) is 12.7 Å². The number of nitrogens with zero attached hydrogens (tertiary/aromatic N) is 2. The van der Waals surface area contributed by atoms with Crippen LogP contribution in [0.15, 0.2) is 28.8 Å². The molecule has 5 nitrogen and oxygen atoms in total. The molecule has 0 radical (unpaired) electrons. The van der Waals surface area contributed by atoms with Crippen LogP contribution < -0.4 is 0 Å². The Morgan fingerprint density at radius 1 is 1.17 bits per heavy atom. The van der Waals surface area contributed by atoms with E-state index in [-0.39, 0.29) is 5.97 Å². The fourth-order valence-electron chi connectivity index (χ4n) is 2.44. The first-order chi connectivity index (χ1) is 11.2. The second-order valence-electron chi connectivity index (χ2n) is 5.73. The minimum atomic E-state index is -0.125. The summed E-state index contributed by atoms with van der Waals surface area (Å²) in [6.45, 7) is 2.05. The number of carbonyl (C=O) groups excluding carboxylic acids is 1. The smallest absolute Gasteiger partial charge is 0.305 e. The standard InChI is InChI=1S/C18H24N2O3/c1-14-9-8-10-15(13-14)18-19-16(23-20-18)11-6-4-3-5-7-12-17(21)22-2/h8-10,13H,3-7,11-12H2,1-2H3. The van der Waals surface area contributed by atoms with Crippen LogP contribution >= 0.6 is 0 Å². The van der Waals surface area contributed by atoms with Gasteiger partial charge in [0.1, 0.15) is 0 Å². The minimum Gasteiger partial charge on any atom is -0.469 e. The van der Waals surface area contributed by atoms with Crippen LogP contribution in [0.2, 0.25) is 0 Å². The number of hydrogen-bond donors (Lipinski definition) is 0. The molecule has 23 heavy (non-hydrogen) atoms. The van der Waals surface area contributed by atoms with E-state index in [4.69, 9.17) is 4.52 Å². The van der Waals surface area contributed by atoms with E-state index in [0.29, 0.717) is 18.1 Å². The van der Waals surface area contributed by atoms with E-state index >= 15 is 0 Å². The summed E-state index contributed by atoms with van der Waals surface area (Å²) in [4.78, 5) is 15.4. The number of unbranched alkanes of at least 4 members (excludes halogenated alkanes) is 4. The molecule has 0 aliphatic rings. The van der Waals surface area contributed by atoms with Crippen molar-refractivity contribution in [2.24, 2.45) is 0 Å². The van der Waals surface area contributed by atoms with Crippen molar-refractivity contribution in [2.75, 3.05) is 7.11 Å². The number of rotatable bonds is 9. The first-order valence-electron chi connectivity index (χ1n) is 8.15. The molecule has 0 atom stereocenters. The van der Waals surface area contributed by atoms with Crippen molar-refractivity contribution in [3.63, 3.8) is 0 Å². The van der Waals surface area contributed by atoms with E-state index in [1.807, 2.05) is 25.1 Å². The summed E-state index contributed by atoms with van der Waals surface area (Å²) < 4.78 is 9.93. The summed E-state index contributed by atoms with van der Waals surface area (Å²) in [5.41, 5.74) is 2.17. The van der Waals surface area contributed by atoms with Crippen molar-refractivity contribution in [3.8, 4) is 11.4 Å². The van der Waals surface area contributed by atoms with Gasteiger partial charge in [0.2, 0.25) is 11.7 Å². The van der Waals surface area contributed by atoms with Gasteiger partial charge in [-0.2, -0.15) is 4.98 Å². The number of ether oxygens (including phenoxy) is 1. The van der Waals surface area contributed by atoms with Crippen LogP contribution in [0.25, 0.3) is 11.4 Å². The van der Waals surface area contributed by atoms with Gasteiger partial charge in [-0.1, -0.05) is 48.2 Å². The van der Waals surface area contributed by atoms with Crippen LogP contribution in [0.5, 0.6) is 0 Å². The molecule has 0 bridgehead atoms. The van der Waals surface area contributed by atoms with Crippen molar-refractivity contribution in [3.05, 3.63) is 35.7 Å². The average Bonchev–Trinajstić information content (AvgIpc) is 3.02. The Hall–Kier alpha value is -2.17. The zero-order valence-electron chi connectivity index (χ0n) is 13.9. The third-order valence-electron chi connectivity index (χ3n) is 3.74. The van der Waals surface area contributed by atoms with Gasteiger partial charge >= 0.3 is 5.97 Å². The van der Waals surface area contributed by atoms with Crippen molar-refractivity contribution < 1.29 is 14.1 Å². The van der Waals surface area contributed by atoms with E-state index < -0.39 is 0 Å².